The Bertz CT molecular complexity index is 442. The second-order valence-electron chi connectivity index (χ2n) is 3.59. The highest BCUT2D eigenvalue weighted by molar-refractivity contribution is 7.09. The summed E-state index contributed by atoms with van der Waals surface area (Å²) in [6, 6.07) is 7.50. The van der Waals surface area contributed by atoms with Crippen molar-refractivity contribution < 1.29 is 5.11 Å². The van der Waals surface area contributed by atoms with Crippen LogP contribution in [0.15, 0.2) is 35.8 Å². The molecule has 1 aromatic carbocycles. The van der Waals surface area contributed by atoms with Gasteiger partial charge in [0.25, 0.3) is 0 Å². The van der Waals surface area contributed by atoms with Crippen LogP contribution in [0.2, 0.25) is 0 Å². The van der Waals surface area contributed by atoms with Gasteiger partial charge in [-0.3, -0.25) is 0 Å². The van der Waals surface area contributed by atoms with E-state index in [1.165, 1.54) is 0 Å². The van der Waals surface area contributed by atoms with E-state index < -0.39 is 0 Å². The molecule has 0 bridgehead atoms. The fraction of sp³-hybridized carbons (Fsp3) is 0.250. The molecule has 1 atom stereocenters. The van der Waals surface area contributed by atoms with Gasteiger partial charge in [0.05, 0.1) is 0 Å². The minimum atomic E-state index is 0.116. The molecule has 1 aromatic heterocycles. The van der Waals surface area contributed by atoms with E-state index in [0.29, 0.717) is 5.75 Å². The lowest BCUT2D eigenvalue weighted by molar-refractivity contribution is 0.452. The first-order valence-corrected chi connectivity index (χ1v) is 6.05. The van der Waals surface area contributed by atoms with Crippen LogP contribution in [0.4, 0.5) is 0 Å². The van der Waals surface area contributed by atoms with Crippen molar-refractivity contribution in [2.45, 2.75) is 19.5 Å². The zero-order valence-electron chi connectivity index (χ0n) is 9.05. The van der Waals surface area contributed by atoms with Crippen molar-refractivity contribution in [1.82, 2.24) is 10.3 Å². The summed E-state index contributed by atoms with van der Waals surface area (Å²) >= 11 is 1.63. The molecule has 3 nitrogen and oxygen atoms in total. The molecule has 0 aliphatic rings. The van der Waals surface area contributed by atoms with Crippen LogP contribution in [0, 0.1) is 0 Å². The highest BCUT2D eigenvalue weighted by atomic mass is 32.1. The summed E-state index contributed by atoms with van der Waals surface area (Å²) in [4.78, 5) is 4.20. The molecule has 0 amide bonds. The summed E-state index contributed by atoms with van der Waals surface area (Å²) < 4.78 is 0. The molecule has 0 saturated heterocycles. The fourth-order valence-corrected chi connectivity index (χ4v) is 2.11. The Morgan fingerprint density at radius 3 is 2.94 bits per heavy atom. The summed E-state index contributed by atoms with van der Waals surface area (Å²) in [5.74, 6) is 0.335. The number of phenolic OH excluding ortho intramolecular Hbond substituents is 1. The topological polar surface area (TPSA) is 45.2 Å². The van der Waals surface area contributed by atoms with Crippen molar-refractivity contribution in [2.75, 3.05) is 0 Å². The molecular weight excluding hydrogens is 220 g/mol. The van der Waals surface area contributed by atoms with Crippen LogP contribution in [0.3, 0.4) is 0 Å². The van der Waals surface area contributed by atoms with E-state index in [4.69, 9.17) is 0 Å². The van der Waals surface area contributed by atoms with Crippen LogP contribution in [0.1, 0.15) is 23.5 Å². The molecule has 2 rings (SSSR count). The van der Waals surface area contributed by atoms with Crippen molar-refractivity contribution in [3.8, 4) is 5.75 Å². The molecule has 0 saturated carbocycles. The van der Waals surface area contributed by atoms with Crippen LogP contribution in [0.25, 0.3) is 0 Å². The third-order valence-electron chi connectivity index (χ3n) is 2.45. The molecule has 16 heavy (non-hydrogen) atoms. The van der Waals surface area contributed by atoms with Crippen LogP contribution >= 0.6 is 11.3 Å². The molecule has 0 radical (unpaired) electrons. The molecule has 0 aliphatic heterocycles. The molecule has 84 valence electrons. The second-order valence-corrected chi connectivity index (χ2v) is 4.57. The number of aromatic hydroxyl groups is 1. The van der Waals surface area contributed by atoms with E-state index in [2.05, 4.69) is 10.3 Å². The standard InChI is InChI=1S/C12H14N2OS/c1-9(10-4-2-3-5-11(10)15)14-8-12-13-6-7-16-12/h2-7,9,14-15H,8H2,1H3. The normalized spacial score (nSPS) is 12.6. The summed E-state index contributed by atoms with van der Waals surface area (Å²) in [6.07, 6.45) is 1.80. The lowest BCUT2D eigenvalue weighted by atomic mass is 10.1. The summed E-state index contributed by atoms with van der Waals surface area (Å²) in [5.41, 5.74) is 0.916. The maximum Gasteiger partial charge on any atom is 0.120 e. The monoisotopic (exact) mass is 234 g/mol. The van der Waals surface area contributed by atoms with Crippen LogP contribution in [0.5, 0.6) is 5.75 Å². The number of hydrogen-bond acceptors (Lipinski definition) is 4. The number of rotatable bonds is 4. The number of thiazole rings is 1. The van der Waals surface area contributed by atoms with E-state index in [1.54, 1.807) is 23.6 Å². The van der Waals surface area contributed by atoms with Crippen LogP contribution in [-0.4, -0.2) is 10.1 Å². The van der Waals surface area contributed by atoms with Gasteiger partial charge < -0.3 is 10.4 Å². The molecular formula is C12H14N2OS. The van der Waals surface area contributed by atoms with E-state index in [9.17, 15) is 5.11 Å². The van der Waals surface area contributed by atoms with Gasteiger partial charge in [-0.25, -0.2) is 4.98 Å². The van der Waals surface area contributed by atoms with Gasteiger partial charge in [0.2, 0.25) is 0 Å². The third-order valence-corrected chi connectivity index (χ3v) is 3.23. The van der Waals surface area contributed by atoms with Crippen molar-refractivity contribution in [3.05, 3.63) is 46.4 Å². The number of nitrogens with zero attached hydrogens (tertiary/aromatic N) is 1. The quantitative estimate of drug-likeness (QED) is 0.855. The fourth-order valence-electron chi connectivity index (χ4n) is 1.54. The van der Waals surface area contributed by atoms with E-state index in [-0.39, 0.29) is 6.04 Å². The van der Waals surface area contributed by atoms with E-state index in [0.717, 1.165) is 17.1 Å². The minimum absolute atomic E-state index is 0.116. The third kappa shape index (κ3) is 2.59. The molecule has 2 aromatic rings. The lowest BCUT2D eigenvalue weighted by Crippen LogP contribution is -2.17. The Labute approximate surface area is 98.8 Å². The maximum absolute atomic E-state index is 9.69. The Hall–Kier alpha value is -1.39. The Morgan fingerprint density at radius 2 is 2.25 bits per heavy atom. The van der Waals surface area contributed by atoms with Crippen LogP contribution < -0.4 is 5.32 Å². The van der Waals surface area contributed by atoms with Gasteiger partial charge in [-0.15, -0.1) is 11.3 Å². The summed E-state index contributed by atoms with van der Waals surface area (Å²) in [7, 11) is 0. The van der Waals surface area contributed by atoms with Gasteiger partial charge >= 0.3 is 0 Å². The van der Waals surface area contributed by atoms with Crippen molar-refractivity contribution >= 4 is 11.3 Å². The molecule has 1 unspecified atom stereocenters. The largest absolute Gasteiger partial charge is 0.508 e. The van der Waals surface area contributed by atoms with Gasteiger partial charge in [0.1, 0.15) is 10.8 Å². The van der Waals surface area contributed by atoms with Crippen molar-refractivity contribution in [1.29, 1.82) is 0 Å². The number of nitrogens with one attached hydrogen (secondary N) is 1. The summed E-state index contributed by atoms with van der Waals surface area (Å²) in [5, 5.41) is 16.0. The molecule has 0 spiro atoms. The first-order valence-electron chi connectivity index (χ1n) is 5.17. The SMILES string of the molecule is CC(NCc1nccs1)c1ccccc1O. The van der Waals surface area contributed by atoms with Gasteiger partial charge in [0.15, 0.2) is 0 Å². The number of aromatic nitrogens is 1. The molecule has 1 heterocycles. The van der Waals surface area contributed by atoms with Gasteiger partial charge in [-0.1, -0.05) is 18.2 Å². The van der Waals surface area contributed by atoms with E-state index in [1.807, 2.05) is 30.5 Å². The summed E-state index contributed by atoms with van der Waals surface area (Å²) in [6.45, 7) is 2.76. The first kappa shape index (κ1) is 11.1. The Morgan fingerprint density at radius 1 is 1.44 bits per heavy atom. The Kier molecular flexibility index (Phi) is 3.54. The second kappa shape index (κ2) is 5.09. The smallest absolute Gasteiger partial charge is 0.120 e. The number of para-hydroxylation sites is 1. The van der Waals surface area contributed by atoms with Crippen molar-refractivity contribution in [3.63, 3.8) is 0 Å². The molecule has 0 fully saturated rings. The average Bonchev–Trinajstić information content (AvgIpc) is 2.79. The molecule has 0 aliphatic carbocycles. The molecule has 2 N–H and O–H groups in total. The predicted octanol–water partition coefficient (Wildman–Crippen LogP) is 2.70. The Balaban J connectivity index is 1.98. The lowest BCUT2D eigenvalue weighted by Gasteiger charge is -2.14. The number of hydrogen-bond donors (Lipinski definition) is 2. The van der Waals surface area contributed by atoms with Gasteiger partial charge in [0, 0.05) is 29.7 Å². The average molecular weight is 234 g/mol. The number of phenols is 1. The predicted molar refractivity (Wildman–Crippen MR) is 65.5 cm³/mol. The highest BCUT2D eigenvalue weighted by Crippen LogP contribution is 2.23. The van der Waals surface area contributed by atoms with Crippen LogP contribution in [-0.2, 0) is 6.54 Å². The van der Waals surface area contributed by atoms with Crippen molar-refractivity contribution in [2.24, 2.45) is 0 Å². The van der Waals surface area contributed by atoms with E-state index >= 15 is 0 Å². The number of benzene rings is 1. The van der Waals surface area contributed by atoms with Gasteiger partial charge in [-0.05, 0) is 13.0 Å². The zero-order chi connectivity index (χ0) is 11.4. The maximum atomic E-state index is 9.69. The molecule has 4 heteroatoms. The zero-order valence-corrected chi connectivity index (χ0v) is 9.87. The van der Waals surface area contributed by atoms with Gasteiger partial charge in [-0.2, -0.15) is 0 Å². The highest BCUT2D eigenvalue weighted by Gasteiger charge is 2.09. The minimum Gasteiger partial charge on any atom is -0.508 e. The first-order chi connectivity index (χ1) is 7.77.